The second-order valence-electron chi connectivity index (χ2n) is 8.58. The molecule has 0 saturated carbocycles. The number of allylic oxidation sites excluding steroid dienone is 3. The van der Waals surface area contributed by atoms with Crippen LogP contribution in [0.5, 0.6) is 0 Å². The number of unbranched alkanes of at least 4 members (excludes halogenated alkanes) is 1. The molecule has 1 atom stereocenters. The predicted molar refractivity (Wildman–Crippen MR) is 137 cm³/mol. The third kappa shape index (κ3) is 19.0. The third-order valence-corrected chi connectivity index (χ3v) is 5.34. The molecule has 0 amide bonds. The summed E-state index contributed by atoms with van der Waals surface area (Å²) >= 11 is 0. The van der Waals surface area contributed by atoms with Crippen LogP contribution in [-0.2, 0) is 6.61 Å². The molecule has 0 radical (unpaired) electrons. The fraction of sp³-hybridized carbons (Fsp3) is 0.643. The molecule has 3 heteroatoms. The standard InChI is InChI=1S/C11H14O.C7H16.C6H10F2.C4H10/c1-8(2)11-5-4-10(7-12)6-9(11)3;1-5-7(4)6(2)3;1-4-5(2)6(3,7)8;1-3-4-2/h4-6,12H,1,7H2,2-3H3;6-7H,5H2,1-4H3;4H,1-3H3;3-4H2,1-2H3/b;;5-4+;. The minimum absolute atomic E-state index is 0.108. The molecule has 1 aromatic rings. The molecule has 0 aliphatic carbocycles. The van der Waals surface area contributed by atoms with E-state index in [-0.39, 0.29) is 12.2 Å². The largest absolute Gasteiger partial charge is 0.392 e. The Morgan fingerprint density at radius 2 is 1.58 bits per heavy atom. The van der Waals surface area contributed by atoms with E-state index in [4.69, 9.17) is 5.11 Å². The van der Waals surface area contributed by atoms with Gasteiger partial charge in [-0.1, -0.05) is 97.2 Å². The van der Waals surface area contributed by atoms with Gasteiger partial charge in [0.25, 0.3) is 5.92 Å². The minimum atomic E-state index is -2.63. The van der Waals surface area contributed by atoms with Gasteiger partial charge in [-0.15, -0.1) is 0 Å². The van der Waals surface area contributed by atoms with Crippen LogP contribution < -0.4 is 0 Å². The summed E-state index contributed by atoms with van der Waals surface area (Å²) in [6.07, 6.45) is 5.37. The van der Waals surface area contributed by atoms with E-state index >= 15 is 0 Å². The van der Waals surface area contributed by atoms with Gasteiger partial charge in [0, 0.05) is 6.92 Å². The van der Waals surface area contributed by atoms with Gasteiger partial charge in [-0.25, -0.2) is 8.78 Å². The highest BCUT2D eigenvalue weighted by molar-refractivity contribution is 5.64. The second kappa shape index (κ2) is 19.2. The molecular formula is C28H50F2O. The van der Waals surface area contributed by atoms with Gasteiger partial charge >= 0.3 is 0 Å². The topological polar surface area (TPSA) is 20.2 Å². The van der Waals surface area contributed by atoms with Crippen molar-refractivity contribution in [3.8, 4) is 0 Å². The molecule has 1 nitrogen and oxygen atoms in total. The Kier molecular flexibility index (Phi) is 21.2. The summed E-state index contributed by atoms with van der Waals surface area (Å²) < 4.78 is 24.1. The molecule has 0 aromatic heterocycles. The first kappa shape index (κ1) is 34.1. The maximum atomic E-state index is 12.0. The average molecular weight is 441 g/mol. The number of alkyl halides is 2. The van der Waals surface area contributed by atoms with E-state index in [1.807, 2.05) is 32.0 Å². The lowest BCUT2D eigenvalue weighted by Crippen LogP contribution is -2.10. The third-order valence-electron chi connectivity index (χ3n) is 5.34. The summed E-state index contributed by atoms with van der Waals surface area (Å²) in [5.74, 6) is -0.862. The van der Waals surface area contributed by atoms with Crippen molar-refractivity contribution in [3.63, 3.8) is 0 Å². The van der Waals surface area contributed by atoms with Crippen molar-refractivity contribution in [1.29, 1.82) is 0 Å². The normalized spacial score (nSPS) is 11.9. The molecule has 0 aliphatic rings. The van der Waals surface area contributed by atoms with Gasteiger partial charge in [0.1, 0.15) is 0 Å². The van der Waals surface area contributed by atoms with Gasteiger partial charge in [-0.05, 0) is 61.8 Å². The van der Waals surface area contributed by atoms with Crippen molar-refractivity contribution >= 4 is 5.57 Å². The summed E-state index contributed by atoms with van der Waals surface area (Å²) in [4.78, 5) is 0. The fourth-order valence-electron chi connectivity index (χ4n) is 2.03. The molecule has 1 N–H and O–H groups in total. The molecule has 182 valence electrons. The number of aryl methyl sites for hydroxylation is 1. The van der Waals surface area contributed by atoms with Crippen LogP contribution in [0.25, 0.3) is 5.57 Å². The maximum absolute atomic E-state index is 12.0. The second-order valence-corrected chi connectivity index (χ2v) is 8.58. The van der Waals surface area contributed by atoms with Gasteiger partial charge < -0.3 is 5.11 Å². The number of hydrogen-bond donors (Lipinski definition) is 1. The Morgan fingerprint density at radius 3 is 1.74 bits per heavy atom. The number of hydrogen-bond acceptors (Lipinski definition) is 1. The molecule has 0 aliphatic heterocycles. The number of aliphatic hydroxyl groups is 1. The van der Waals surface area contributed by atoms with Gasteiger partial charge in [-0.3, -0.25) is 0 Å². The Hall–Kier alpha value is -1.48. The lowest BCUT2D eigenvalue weighted by Gasteiger charge is -2.10. The van der Waals surface area contributed by atoms with Crippen LogP contribution in [0.2, 0.25) is 0 Å². The van der Waals surface area contributed by atoms with Gasteiger partial charge in [0.05, 0.1) is 6.61 Å². The van der Waals surface area contributed by atoms with E-state index in [0.717, 1.165) is 29.9 Å². The van der Waals surface area contributed by atoms with E-state index in [9.17, 15) is 8.78 Å². The molecule has 0 heterocycles. The zero-order valence-corrected chi connectivity index (χ0v) is 22.2. The zero-order chi connectivity index (χ0) is 25.2. The van der Waals surface area contributed by atoms with Crippen molar-refractivity contribution in [2.24, 2.45) is 11.8 Å². The highest BCUT2D eigenvalue weighted by Crippen LogP contribution is 2.21. The van der Waals surface area contributed by atoms with Crippen molar-refractivity contribution in [2.75, 3.05) is 0 Å². The molecule has 1 rings (SSSR count). The van der Waals surface area contributed by atoms with E-state index in [0.29, 0.717) is 0 Å². The Balaban J connectivity index is -0.000000363. The first-order chi connectivity index (χ1) is 14.2. The lowest BCUT2D eigenvalue weighted by atomic mass is 9.96. The first-order valence-electron chi connectivity index (χ1n) is 11.6. The van der Waals surface area contributed by atoms with Crippen LogP contribution in [0.1, 0.15) is 105 Å². The summed E-state index contributed by atoms with van der Waals surface area (Å²) in [5, 5.41) is 8.87. The minimum Gasteiger partial charge on any atom is -0.392 e. The van der Waals surface area contributed by atoms with Crippen LogP contribution >= 0.6 is 0 Å². The Morgan fingerprint density at radius 1 is 1.10 bits per heavy atom. The highest BCUT2D eigenvalue weighted by atomic mass is 19.3. The number of rotatable bonds is 6. The van der Waals surface area contributed by atoms with E-state index < -0.39 is 5.92 Å². The van der Waals surface area contributed by atoms with Crippen molar-refractivity contribution < 1.29 is 13.9 Å². The first-order valence-corrected chi connectivity index (χ1v) is 11.6. The van der Waals surface area contributed by atoms with Gasteiger partial charge in [0.15, 0.2) is 0 Å². The van der Waals surface area contributed by atoms with Crippen LogP contribution in [0.4, 0.5) is 8.78 Å². The molecule has 0 fully saturated rings. The molecule has 0 spiro atoms. The summed E-state index contributed by atoms with van der Waals surface area (Å²) in [6, 6.07) is 5.92. The van der Waals surface area contributed by atoms with Gasteiger partial charge in [0.2, 0.25) is 0 Å². The molecule has 0 saturated heterocycles. The smallest absolute Gasteiger partial charge is 0.266 e. The SMILES string of the molecule is C/C=C(\C)C(C)(F)F.C=C(C)c1ccc(CO)cc1C.CCC(C)C(C)C.CCCC. The van der Waals surface area contributed by atoms with Crippen LogP contribution in [0, 0.1) is 18.8 Å². The molecule has 0 bridgehead atoms. The Labute approximate surface area is 192 Å². The van der Waals surface area contributed by atoms with E-state index in [1.54, 1.807) is 6.92 Å². The summed E-state index contributed by atoms with van der Waals surface area (Å²) in [6.45, 7) is 25.4. The van der Waals surface area contributed by atoms with Crippen LogP contribution in [-0.4, -0.2) is 11.0 Å². The van der Waals surface area contributed by atoms with Crippen molar-refractivity contribution in [2.45, 2.75) is 108 Å². The van der Waals surface area contributed by atoms with Gasteiger partial charge in [-0.2, -0.15) is 0 Å². The zero-order valence-electron chi connectivity index (χ0n) is 22.2. The summed E-state index contributed by atoms with van der Waals surface area (Å²) in [7, 11) is 0. The van der Waals surface area contributed by atoms with Crippen LogP contribution in [0.3, 0.4) is 0 Å². The molecule has 1 unspecified atom stereocenters. The number of aliphatic hydroxyl groups excluding tert-OH is 1. The van der Waals surface area contributed by atoms with Crippen molar-refractivity contribution in [3.05, 3.63) is 53.1 Å². The maximum Gasteiger partial charge on any atom is 0.266 e. The fourth-order valence-corrected chi connectivity index (χ4v) is 2.03. The molecule has 31 heavy (non-hydrogen) atoms. The Bertz CT molecular complexity index is 608. The number of halogens is 2. The molecular weight excluding hydrogens is 390 g/mol. The molecule has 1 aromatic carbocycles. The summed E-state index contributed by atoms with van der Waals surface area (Å²) in [5.41, 5.74) is 4.49. The quantitative estimate of drug-likeness (QED) is 0.436. The number of benzene rings is 1. The monoisotopic (exact) mass is 440 g/mol. The van der Waals surface area contributed by atoms with E-state index in [2.05, 4.69) is 48.1 Å². The average Bonchev–Trinajstić information content (AvgIpc) is 2.72. The predicted octanol–water partition coefficient (Wildman–Crippen LogP) is 9.62. The lowest BCUT2D eigenvalue weighted by molar-refractivity contribution is 0.0633. The highest BCUT2D eigenvalue weighted by Gasteiger charge is 2.21. The van der Waals surface area contributed by atoms with Crippen LogP contribution in [0.15, 0.2) is 36.4 Å². The van der Waals surface area contributed by atoms with E-state index in [1.165, 1.54) is 43.4 Å². The van der Waals surface area contributed by atoms with Crippen molar-refractivity contribution in [1.82, 2.24) is 0 Å².